The van der Waals surface area contributed by atoms with Crippen molar-refractivity contribution in [1.29, 1.82) is 0 Å². The van der Waals surface area contributed by atoms with E-state index in [9.17, 15) is 0 Å². The summed E-state index contributed by atoms with van der Waals surface area (Å²) in [6.07, 6.45) is 4.75. The molecular formula is C15H17N3S. The average Bonchev–Trinajstić information content (AvgIpc) is 2.46. The molecule has 0 unspecified atom stereocenters. The number of nitrogen functional groups attached to an aromatic ring is 1. The maximum absolute atomic E-state index is 5.91. The summed E-state index contributed by atoms with van der Waals surface area (Å²) >= 11 is 1.92. The van der Waals surface area contributed by atoms with E-state index in [1.54, 1.807) is 0 Å². The van der Waals surface area contributed by atoms with Gasteiger partial charge in [0.25, 0.3) is 0 Å². The van der Waals surface area contributed by atoms with Gasteiger partial charge in [-0.3, -0.25) is 4.98 Å². The van der Waals surface area contributed by atoms with E-state index in [1.807, 2.05) is 30.2 Å². The lowest BCUT2D eigenvalue weighted by molar-refractivity contribution is 0.797. The van der Waals surface area contributed by atoms with Crippen LogP contribution in [0.1, 0.15) is 5.56 Å². The van der Waals surface area contributed by atoms with Crippen molar-refractivity contribution in [2.75, 3.05) is 29.5 Å². The van der Waals surface area contributed by atoms with Gasteiger partial charge in [-0.2, -0.15) is 0 Å². The van der Waals surface area contributed by atoms with E-state index in [0.717, 1.165) is 31.0 Å². The zero-order valence-corrected chi connectivity index (χ0v) is 11.6. The number of nitrogens with zero attached hydrogens (tertiary/aromatic N) is 2. The Morgan fingerprint density at radius 3 is 2.89 bits per heavy atom. The molecule has 2 aromatic rings. The van der Waals surface area contributed by atoms with E-state index in [1.165, 1.54) is 16.1 Å². The zero-order chi connectivity index (χ0) is 13.1. The molecular weight excluding hydrogens is 254 g/mol. The van der Waals surface area contributed by atoms with Gasteiger partial charge in [-0.15, -0.1) is 11.8 Å². The minimum absolute atomic E-state index is 0.843. The molecule has 4 heteroatoms. The third kappa shape index (κ3) is 2.84. The average molecular weight is 271 g/mol. The fourth-order valence-corrected chi connectivity index (χ4v) is 3.37. The molecule has 0 radical (unpaired) electrons. The summed E-state index contributed by atoms with van der Waals surface area (Å²) in [7, 11) is 0. The number of benzene rings is 1. The second kappa shape index (κ2) is 5.53. The summed E-state index contributed by atoms with van der Waals surface area (Å²) in [6, 6.07) is 10.4. The maximum atomic E-state index is 5.91. The van der Waals surface area contributed by atoms with Crippen molar-refractivity contribution in [1.82, 2.24) is 4.98 Å². The second-order valence-electron chi connectivity index (χ2n) is 4.67. The Balaban J connectivity index is 1.75. The molecule has 0 atom stereocenters. The second-order valence-corrected chi connectivity index (χ2v) is 5.80. The highest BCUT2D eigenvalue weighted by molar-refractivity contribution is 7.99. The highest BCUT2D eigenvalue weighted by Crippen LogP contribution is 2.35. The third-order valence-corrected chi connectivity index (χ3v) is 4.41. The van der Waals surface area contributed by atoms with Crippen LogP contribution >= 0.6 is 11.8 Å². The minimum atomic E-state index is 0.843. The van der Waals surface area contributed by atoms with E-state index >= 15 is 0 Å². The number of pyridine rings is 1. The summed E-state index contributed by atoms with van der Waals surface area (Å²) in [4.78, 5) is 7.83. The predicted octanol–water partition coefficient (Wildman–Crippen LogP) is 2.82. The lowest BCUT2D eigenvalue weighted by atomic mass is 10.1. The maximum Gasteiger partial charge on any atom is 0.0525 e. The first-order valence-corrected chi connectivity index (χ1v) is 7.48. The first-order chi connectivity index (χ1) is 9.33. The first kappa shape index (κ1) is 12.4. The van der Waals surface area contributed by atoms with Crippen LogP contribution < -0.4 is 10.6 Å². The lowest BCUT2D eigenvalue weighted by Gasteiger charge is -2.31. The number of anilines is 2. The van der Waals surface area contributed by atoms with Gasteiger partial charge in [-0.05, 0) is 42.3 Å². The SMILES string of the molecule is Nc1ccc2c(c1)N(CCc1ccncc1)CCS2. The van der Waals surface area contributed by atoms with Crippen LogP contribution in [0.5, 0.6) is 0 Å². The van der Waals surface area contributed by atoms with Crippen molar-refractivity contribution in [3.63, 3.8) is 0 Å². The fourth-order valence-electron chi connectivity index (χ4n) is 2.34. The first-order valence-electron chi connectivity index (χ1n) is 6.49. The largest absolute Gasteiger partial charge is 0.399 e. The normalized spacial score (nSPS) is 14.2. The number of hydrogen-bond donors (Lipinski definition) is 1. The molecule has 0 aliphatic carbocycles. The van der Waals surface area contributed by atoms with Crippen molar-refractivity contribution in [2.24, 2.45) is 0 Å². The molecule has 0 saturated carbocycles. The topological polar surface area (TPSA) is 42.1 Å². The van der Waals surface area contributed by atoms with Gasteiger partial charge in [-0.25, -0.2) is 0 Å². The molecule has 3 nitrogen and oxygen atoms in total. The van der Waals surface area contributed by atoms with Gasteiger partial charge in [0, 0.05) is 41.8 Å². The van der Waals surface area contributed by atoms with Crippen LogP contribution in [0.2, 0.25) is 0 Å². The summed E-state index contributed by atoms with van der Waals surface area (Å²) < 4.78 is 0. The number of nitrogens with two attached hydrogens (primary N) is 1. The van der Waals surface area contributed by atoms with Crippen LogP contribution in [-0.2, 0) is 6.42 Å². The molecule has 1 aliphatic rings. The number of rotatable bonds is 3. The molecule has 3 rings (SSSR count). The molecule has 1 aromatic heterocycles. The quantitative estimate of drug-likeness (QED) is 0.872. The molecule has 0 fully saturated rings. The fraction of sp³-hybridized carbons (Fsp3) is 0.267. The molecule has 0 saturated heterocycles. The molecule has 0 amide bonds. The zero-order valence-electron chi connectivity index (χ0n) is 10.7. The lowest BCUT2D eigenvalue weighted by Crippen LogP contribution is -2.31. The Hall–Kier alpha value is -1.68. The van der Waals surface area contributed by atoms with Gasteiger partial charge in [-0.1, -0.05) is 0 Å². The summed E-state index contributed by atoms with van der Waals surface area (Å²) in [5, 5.41) is 0. The molecule has 2 heterocycles. The summed E-state index contributed by atoms with van der Waals surface area (Å²) in [6.45, 7) is 2.12. The van der Waals surface area contributed by atoms with E-state index < -0.39 is 0 Å². The number of aromatic nitrogens is 1. The Morgan fingerprint density at radius 1 is 1.21 bits per heavy atom. The van der Waals surface area contributed by atoms with Crippen LogP contribution in [0, 0.1) is 0 Å². The van der Waals surface area contributed by atoms with E-state index in [4.69, 9.17) is 5.73 Å². The molecule has 98 valence electrons. The monoisotopic (exact) mass is 271 g/mol. The van der Waals surface area contributed by atoms with E-state index in [2.05, 4.69) is 34.1 Å². The van der Waals surface area contributed by atoms with Crippen LogP contribution in [-0.4, -0.2) is 23.8 Å². The highest BCUT2D eigenvalue weighted by atomic mass is 32.2. The molecule has 1 aliphatic heterocycles. The van der Waals surface area contributed by atoms with Gasteiger partial charge in [0.2, 0.25) is 0 Å². The molecule has 2 N–H and O–H groups in total. The van der Waals surface area contributed by atoms with Crippen molar-refractivity contribution < 1.29 is 0 Å². The Labute approximate surface area is 117 Å². The number of thioether (sulfide) groups is 1. The Kier molecular flexibility index (Phi) is 3.60. The van der Waals surface area contributed by atoms with Crippen molar-refractivity contribution >= 4 is 23.1 Å². The van der Waals surface area contributed by atoms with Crippen LogP contribution in [0.15, 0.2) is 47.6 Å². The Bertz CT molecular complexity index is 557. The molecule has 0 spiro atoms. The van der Waals surface area contributed by atoms with Gasteiger partial charge < -0.3 is 10.6 Å². The van der Waals surface area contributed by atoms with Crippen molar-refractivity contribution in [3.8, 4) is 0 Å². The van der Waals surface area contributed by atoms with E-state index in [-0.39, 0.29) is 0 Å². The van der Waals surface area contributed by atoms with Gasteiger partial charge in [0.05, 0.1) is 5.69 Å². The molecule has 1 aromatic carbocycles. The number of hydrogen-bond acceptors (Lipinski definition) is 4. The van der Waals surface area contributed by atoms with Crippen LogP contribution in [0.3, 0.4) is 0 Å². The van der Waals surface area contributed by atoms with Crippen molar-refractivity contribution in [3.05, 3.63) is 48.3 Å². The number of fused-ring (bicyclic) bond motifs is 1. The van der Waals surface area contributed by atoms with Crippen LogP contribution in [0.4, 0.5) is 11.4 Å². The molecule has 19 heavy (non-hydrogen) atoms. The standard InChI is InChI=1S/C15H17N3S/c16-13-1-2-15-14(11-13)18(9-10-19-15)8-5-12-3-6-17-7-4-12/h1-4,6-7,11H,5,8-10,16H2. The summed E-state index contributed by atoms with van der Waals surface area (Å²) in [5.41, 5.74) is 9.36. The summed E-state index contributed by atoms with van der Waals surface area (Å²) in [5.74, 6) is 1.15. The van der Waals surface area contributed by atoms with Gasteiger partial charge in [0.1, 0.15) is 0 Å². The van der Waals surface area contributed by atoms with Crippen LogP contribution in [0.25, 0.3) is 0 Å². The third-order valence-electron chi connectivity index (χ3n) is 3.36. The van der Waals surface area contributed by atoms with Gasteiger partial charge in [0.15, 0.2) is 0 Å². The highest BCUT2D eigenvalue weighted by Gasteiger charge is 2.17. The van der Waals surface area contributed by atoms with Gasteiger partial charge >= 0.3 is 0 Å². The Morgan fingerprint density at radius 2 is 2.05 bits per heavy atom. The van der Waals surface area contributed by atoms with E-state index in [0.29, 0.717) is 0 Å². The molecule has 0 bridgehead atoms. The van der Waals surface area contributed by atoms with Crippen molar-refractivity contribution in [2.45, 2.75) is 11.3 Å². The predicted molar refractivity (Wildman–Crippen MR) is 81.7 cm³/mol. The smallest absolute Gasteiger partial charge is 0.0525 e. The minimum Gasteiger partial charge on any atom is -0.399 e.